The molecule has 0 bridgehead atoms. The van der Waals surface area contributed by atoms with Gasteiger partial charge in [0.1, 0.15) is 11.4 Å². The molecule has 0 radical (unpaired) electrons. The van der Waals surface area contributed by atoms with Gasteiger partial charge in [0.25, 0.3) is 11.6 Å². The monoisotopic (exact) mass is 423 g/mol. The molecule has 0 saturated carbocycles. The first-order valence-electron chi connectivity index (χ1n) is 9.25. The molecule has 0 N–H and O–H groups in total. The number of nitrogens with zero attached hydrogens (tertiary/aromatic N) is 3. The van der Waals surface area contributed by atoms with Crippen molar-refractivity contribution in [3.05, 3.63) is 82.0 Å². The number of carbonyl (C=O) groups is 1. The maximum absolute atomic E-state index is 13.4. The molecule has 9 nitrogen and oxygen atoms in total. The van der Waals surface area contributed by atoms with Crippen molar-refractivity contribution in [1.29, 1.82) is 0 Å². The summed E-state index contributed by atoms with van der Waals surface area (Å²) < 4.78 is 16.1. The van der Waals surface area contributed by atoms with Gasteiger partial charge in [-0.25, -0.2) is 4.98 Å². The molecule has 3 rings (SSSR count). The number of ether oxygens (including phenoxy) is 3. The first kappa shape index (κ1) is 21.6. The number of anilines is 1. The summed E-state index contributed by atoms with van der Waals surface area (Å²) in [6.45, 7) is 0.0681. The fourth-order valence-corrected chi connectivity index (χ4v) is 3.14. The van der Waals surface area contributed by atoms with Crippen LogP contribution in [0.1, 0.15) is 15.9 Å². The van der Waals surface area contributed by atoms with Gasteiger partial charge < -0.3 is 14.2 Å². The number of pyridine rings is 1. The van der Waals surface area contributed by atoms with Crippen molar-refractivity contribution in [2.75, 3.05) is 26.2 Å². The summed E-state index contributed by atoms with van der Waals surface area (Å²) in [7, 11) is 4.49. The van der Waals surface area contributed by atoms with Crippen LogP contribution in [0.3, 0.4) is 0 Å². The highest BCUT2D eigenvalue weighted by Gasteiger charge is 2.27. The highest BCUT2D eigenvalue weighted by atomic mass is 16.6. The summed E-state index contributed by atoms with van der Waals surface area (Å²) in [4.78, 5) is 29.9. The van der Waals surface area contributed by atoms with E-state index < -0.39 is 10.8 Å². The first-order chi connectivity index (χ1) is 15.0. The van der Waals surface area contributed by atoms with Crippen molar-refractivity contribution in [3.63, 3.8) is 0 Å². The third-order valence-corrected chi connectivity index (χ3v) is 4.57. The Bertz CT molecular complexity index is 1060. The lowest BCUT2D eigenvalue weighted by Crippen LogP contribution is -2.31. The van der Waals surface area contributed by atoms with Crippen molar-refractivity contribution in [3.8, 4) is 17.2 Å². The van der Waals surface area contributed by atoms with Crippen LogP contribution in [-0.4, -0.2) is 37.1 Å². The molecule has 1 aromatic heterocycles. The van der Waals surface area contributed by atoms with Gasteiger partial charge in [-0.3, -0.25) is 19.8 Å². The Morgan fingerprint density at radius 3 is 2.19 bits per heavy atom. The van der Waals surface area contributed by atoms with E-state index in [1.54, 1.807) is 42.6 Å². The number of aromatic nitrogens is 1. The van der Waals surface area contributed by atoms with Crippen molar-refractivity contribution in [1.82, 2.24) is 4.98 Å². The molecule has 0 unspecified atom stereocenters. The summed E-state index contributed by atoms with van der Waals surface area (Å²) >= 11 is 0. The minimum absolute atomic E-state index is 0.0365. The predicted octanol–water partition coefficient (Wildman–Crippen LogP) is 3.86. The standard InChI is InChI=1S/C22H21N3O6/c1-29-18-12-15(13-19(30-2)21(18)31-3)14-24(20-10-6-7-11-23-20)22(26)16-8-4-5-9-17(16)25(27)28/h4-13H,14H2,1-3H3. The molecule has 0 atom stereocenters. The van der Waals surface area contributed by atoms with E-state index in [-0.39, 0.29) is 17.8 Å². The first-order valence-corrected chi connectivity index (χ1v) is 9.25. The van der Waals surface area contributed by atoms with E-state index in [4.69, 9.17) is 14.2 Å². The molecule has 160 valence electrons. The third-order valence-electron chi connectivity index (χ3n) is 4.57. The quantitative estimate of drug-likeness (QED) is 0.400. The molecule has 31 heavy (non-hydrogen) atoms. The van der Waals surface area contributed by atoms with E-state index >= 15 is 0 Å². The van der Waals surface area contributed by atoms with Crippen molar-refractivity contribution < 1.29 is 23.9 Å². The minimum Gasteiger partial charge on any atom is -0.493 e. The van der Waals surface area contributed by atoms with Gasteiger partial charge in [-0.05, 0) is 35.9 Å². The van der Waals surface area contributed by atoms with E-state index in [0.717, 1.165) is 0 Å². The van der Waals surface area contributed by atoms with Crippen LogP contribution in [0.5, 0.6) is 17.2 Å². The molecule has 3 aromatic rings. The Balaban J connectivity index is 2.08. The molecule has 0 saturated heterocycles. The van der Waals surface area contributed by atoms with Crippen LogP contribution < -0.4 is 19.1 Å². The summed E-state index contributed by atoms with van der Waals surface area (Å²) in [5.41, 5.74) is 0.344. The molecule has 1 heterocycles. The number of para-hydroxylation sites is 1. The van der Waals surface area contributed by atoms with Crippen LogP contribution in [0.2, 0.25) is 0 Å². The molecule has 0 aliphatic rings. The van der Waals surface area contributed by atoms with E-state index in [1.807, 2.05) is 0 Å². The van der Waals surface area contributed by atoms with Gasteiger partial charge in [0.15, 0.2) is 11.5 Å². The third kappa shape index (κ3) is 4.55. The van der Waals surface area contributed by atoms with Crippen LogP contribution in [0.25, 0.3) is 0 Å². The predicted molar refractivity (Wildman–Crippen MR) is 114 cm³/mol. The fraction of sp³-hybridized carbons (Fsp3) is 0.182. The van der Waals surface area contributed by atoms with Crippen LogP contribution in [0.4, 0.5) is 11.5 Å². The number of hydrogen-bond acceptors (Lipinski definition) is 7. The van der Waals surface area contributed by atoms with E-state index in [9.17, 15) is 14.9 Å². The van der Waals surface area contributed by atoms with Gasteiger partial charge >= 0.3 is 0 Å². The molecule has 0 aliphatic heterocycles. The van der Waals surface area contributed by atoms with Crippen LogP contribution in [-0.2, 0) is 6.54 Å². The summed E-state index contributed by atoms with van der Waals surface area (Å²) in [5.74, 6) is 1.06. The topological polar surface area (TPSA) is 104 Å². The zero-order chi connectivity index (χ0) is 22.4. The lowest BCUT2D eigenvalue weighted by molar-refractivity contribution is -0.385. The maximum atomic E-state index is 13.4. The Morgan fingerprint density at radius 2 is 1.65 bits per heavy atom. The second kappa shape index (κ2) is 9.57. The largest absolute Gasteiger partial charge is 0.493 e. The average molecular weight is 423 g/mol. The number of benzene rings is 2. The average Bonchev–Trinajstić information content (AvgIpc) is 2.81. The number of rotatable bonds is 8. The van der Waals surface area contributed by atoms with Crippen LogP contribution in [0.15, 0.2) is 60.8 Å². The van der Waals surface area contributed by atoms with Crippen molar-refractivity contribution in [2.24, 2.45) is 0 Å². The molecule has 0 fully saturated rings. The highest BCUT2D eigenvalue weighted by molar-refractivity contribution is 6.08. The number of methoxy groups -OCH3 is 3. The minimum atomic E-state index is -0.580. The highest BCUT2D eigenvalue weighted by Crippen LogP contribution is 2.39. The van der Waals surface area contributed by atoms with Gasteiger partial charge in [0, 0.05) is 12.3 Å². The van der Waals surface area contributed by atoms with Gasteiger partial charge in [-0.2, -0.15) is 0 Å². The SMILES string of the molecule is COc1cc(CN(C(=O)c2ccccc2[N+](=O)[O-])c2ccccn2)cc(OC)c1OC. The molecule has 2 aromatic carbocycles. The van der Waals surface area contributed by atoms with Gasteiger partial charge in [-0.15, -0.1) is 0 Å². The van der Waals surface area contributed by atoms with E-state index in [0.29, 0.717) is 28.6 Å². The van der Waals surface area contributed by atoms with Gasteiger partial charge in [0.05, 0.1) is 32.8 Å². The number of nitro benzene ring substituents is 1. The number of carbonyl (C=O) groups excluding carboxylic acids is 1. The number of nitro groups is 1. The van der Waals surface area contributed by atoms with Crippen LogP contribution >= 0.6 is 0 Å². The molecular weight excluding hydrogens is 402 g/mol. The summed E-state index contributed by atoms with van der Waals surface area (Å²) in [6.07, 6.45) is 1.55. The van der Waals surface area contributed by atoms with Crippen molar-refractivity contribution >= 4 is 17.4 Å². The Labute approximate surface area is 179 Å². The van der Waals surface area contributed by atoms with Gasteiger partial charge in [-0.1, -0.05) is 18.2 Å². The van der Waals surface area contributed by atoms with Gasteiger partial charge in [0.2, 0.25) is 5.75 Å². The van der Waals surface area contributed by atoms with Crippen molar-refractivity contribution in [2.45, 2.75) is 6.54 Å². The normalized spacial score (nSPS) is 10.3. The summed E-state index contributed by atoms with van der Waals surface area (Å²) in [5, 5.41) is 11.5. The molecule has 1 amide bonds. The van der Waals surface area contributed by atoms with E-state index in [1.165, 1.54) is 44.4 Å². The Hall–Kier alpha value is -4.14. The van der Waals surface area contributed by atoms with Crippen LogP contribution in [0, 0.1) is 10.1 Å². The molecule has 0 aliphatic carbocycles. The summed E-state index contributed by atoms with van der Waals surface area (Å²) in [6, 6.07) is 14.3. The van der Waals surface area contributed by atoms with E-state index in [2.05, 4.69) is 4.98 Å². The molecular formula is C22H21N3O6. The number of hydrogen-bond donors (Lipinski definition) is 0. The second-order valence-electron chi connectivity index (χ2n) is 6.39. The fourth-order valence-electron chi connectivity index (χ4n) is 3.14. The lowest BCUT2D eigenvalue weighted by atomic mass is 10.1. The molecule has 0 spiro atoms. The zero-order valence-corrected chi connectivity index (χ0v) is 17.3. The zero-order valence-electron chi connectivity index (χ0n) is 17.3. The number of amides is 1. The maximum Gasteiger partial charge on any atom is 0.282 e. The lowest BCUT2D eigenvalue weighted by Gasteiger charge is -2.23. The second-order valence-corrected chi connectivity index (χ2v) is 6.39. The molecule has 9 heteroatoms. The Kier molecular flexibility index (Phi) is 6.66. The smallest absolute Gasteiger partial charge is 0.282 e. The Morgan fingerprint density at radius 1 is 1.00 bits per heavy atom.